The van der Waals surface area contributed by atoms with E-state index >= 15 is 0 Å². The molecule has 0 aliphatic heterocycles. The summed E-state index contributed by atoms with van der Waals surface area (Å²) in [4.78, 5) is 35.5. The normalized spacial score (nSPS) is 13.9. The first-order chi connectivity index (χ1) is 49.8. The van der Waals surface area contributed by atoms with Gasteiger partial charge in [-0.05, 0) is 141 Å². The molecule has 0 aromatic heterocycles. The molecule has 0 spiro atoms. The van der Waals surface area contributed by atoms with Gasteiger partial charge < -0.3 is 20.1 Å². The van der Waals surface area contributed by atoms with Gasteiger partial charge in [-0.2, -0.15) is 0 Å². The minimum Gasteiger partial charge on any atom is -0.462 e. The van der Waals surface area contributed by atoms with Crippen LogP contribution in [0.25, 0.3) is 0 Å². The Morgan fingerprint density at radius 1 is 0.297 bits per heavy atom. The predicted molar refractivity (Wildman–Crippen MR) is 440 cm³/mol. The second-order valence-corrected chi connectivity index (χ2v) is 28.0. The van der Waals surface area contributed by atoms with Crippen molar-refractivity contribution < 1.29 is 37.6 Å². The fourth-order valence-electron chi connectivity index (χ4n) is 11.0. The van der Waals surface area contributed by atoms with Crippen molar-refractivity contribution in [3.05, 3.63) is 194 Å². The molecule has 0 heterocycles. The number of phosphoric ester groups is 1. The van der Waals surface area contributed by atoms with E-state index in [1.807, 2.05) is 0 Å². The minimum atomic E-state index is -4.41. The molecule has 3 N–H and O–H groups in total. The number of rotatable bonds is 75. The molecule has 10 heteroatoms. The lowest BCUT2D eigenvalue weighted by molar-refractivity contribution is -0.161. The van der Waals surface area contributed by atoms with Gasteiger partial charge in [0.05, 0.1) is 13.2 Å². The highest BCUT2D eigenvalue weighted by Gasteiger charge is 2.26. The third-order valence-electron chi connectivity index (χ3n) is 17.0. The first-order valence-corrected chi connectivity index (χ1v) is 42.4. The Morgan fingerprint density at radius 2 is 0.515 bits per heavy atom. The Morgan fingerprint density at radius 3 is 0.762 bits per heavy atom. The molecular weight excluding hydrogens is 1270 g/mol. The van der Waals surface area contributed by atoms with Gasteiger partial charge in [0, 0.05) is 19.4 Å². The number of hydrogen-bond donors (Lipinski definition) is 2. The highest BCUT2D eigenvalue weighted by atomic mass is 31.2. The van der Waals surface area contributed by atoms with Crippen LogP contribution in [0.2, 0.25) is 0 Å². The molecule has 2 atom stereocenters. The van der Waals surface area contributed by atoms with Gasteiger partial charge in [0.1, 0.15) is 6.61 Å². The summed E-state index contributed by atoms with van der Waals surface area (Å²) < 4.78 is 33.3. The predicted octanol–water partition coefficient (Wildman–Crippen LogP) is 28.0. The summed E-state index contributed by atoms with van der Waals surface area (Å²) in [6.45, 7) is 3.52. The van der Waals surface area contributed by atoms with Crippen LogP contribution < -0.4 is 5.73 Å². The zero-order valence-electron chi connectivity index (χ0n) is 64.6. The molecule has 0 fully saturated rings. The van der Waals surface area contributed by atoms with E-state index in [-0.39, 0.29) is 38.6 Å². The Balaban J connectivity index is 3.89. The number of esters is 2. The molecule has 2 unspecified atom stereocenters. The summed E-state index contributed by atoms with van der Waals surface area (Å²) >= 11 is 0. The van der Waals surface area contributed by atoms with Crippen molar-refractivity contribution in [2.24, 2.45) is 5.73 Å². The summed E-state index contributed by atoms with van der Waals surface area (Å²) in [5.74, 6) is -0.840. The summed E-state index contributed by atoms with van der Waals surface area (Å²) in [5.41, 5.74) is 5.42. The average molecular weight is 1420 g/mol. The van der Waals surface area contributed by atoms with Crippen molar-refractivity contribution >= 4 is 19.8 Å². The molecular formula is C91H150NO8P. The van der Waals surface area contributed by atoms with E-state index in [4.69, 9.17) is 24.3 Å². The van der Waals surface area contributed by atoms with Crippen LogP contribution in [-0.4, -0.2) is 49.3 Å². The Hall–Kier alpha value is -5.15. The van der Waals surface area contributed by atoms with Crippen molar-refractivity contribution in [3.8, 4) is 0 Å². The van der Waals surface area contributed by atoms with Crippen molar-refractivity contribution in [1.29, 1.82) is 0 Å². The maximum Gasteiger partial charge on any atom is 0.472 e. The van der Waals surface area contributed by atoms with Gasteiger partial charge in [-0.3, -0.25) is 18.6 Å². The average Bonchev–Trinajstić information content (AvgIpc) is 1.04. The molecule has 0 aliphatic rings. The molecule has 0 aliphatic carbocycles. The number of carbonyl (C=O) groups excluding carboxylic acids is 2. The number of unbranched alkanes of at least 4 members (excludes halogenated alkanes) is 30. The van der Waals surface area contributed by atoms with Gasteiger partial charge in [-0.1, -0.05) is 375 Å². The Bertz CT molecular complexity index is 2370. The second-order valence-electron chi connectivity index (χ2n) is 26.5. The van der Waals surface area contributed by atoms with Crippen molar-refractivity contribution in [2.45, 2.75) is 341 Å². The lowest BCUT2D eigenvalue weighted by Gasteiger charge is -2.19. The topological polar surface area (TPSA) is 134 Å². The zero-order chi connectivity index (χ0) is 72.9. The Kier molecular flexibility index (Phi) is 79.5. The zero-order valence-corrected chi connectivity index (χ0v) is 65.5. The standard InChI is InChI=1S/C91H150NO8P/c1-3-5-7-9-11-13-15-17-19-21-23-25-27-29-31-33-35-37-39-41-43-44-46-48-50-52-54-56-58-60-62-64-66-68-70-72-74-76-78-80-82-84-91(94)100-89(88-99-101(95,96)98-86-85-92)87-97-90(93)83-81-79-77-75-73-71-69-67-65-63-61-59-57-55-53-51-49-47-45-42-40-38-36-34-32-30-28-26-24-22-20-18-16-14-12-10-8-6-4-2/h5-8,11-14,17-20,23-26,29-32,35,37,41,43,46,48,52,54,58,60,64,66,89H,3-4,9-10,15-16,21-22,27-28,33-34,36,38-40,42,44-45,47,49-51,53,55-57,59,61-63,65,67-88,92H2,1-2H3,(H,95,96)/b7-5-,8-6-,13-11-,14-12-,19-17-,20-18-,25-23-,26-24-,31-29-,32-30-,37-35-,43-41-,48-46-,54-52-,60-58-,66-64-. The highest BCUT2D eigenvalue weighted by Crippen LogP contribution is 2.43. The number of carbonyl (C=O) groups is 2. The molecule has 0 aromatic carbocycles. The lowest BCUT2D eigenvalue weighted by atomic mass is 10.0. The molecule has 0 rings (SSSR count). The smallest absolute Gasteiger partial charge is 0.462 e. The SMILES string of the molecule is CC/C=C\C/C=C\C/C=C\C/C=C\C/C=C\C/C=C\C/C=C\C/C=C\C/C=C\C/C=C\C/C=C\CCCCCCCCCC(=O)OC(COC(=O)CCCCCCCCCCCCCCCCCCCCCCCCC/C=C\C/C=C\C/C=C\C/C=C\C/C=C\CC)COP(=O)(O)OCCN. The van der Waals surface area contributed by atoms with Crippen molar-refractivity contribution in [2.75, 3.05) is 26.4 Å². The van der Waals surface area contributed by atoms with E-state index in [1.54, 1.807) is 0 Å². The highest BCUT2D eigenvalue weighted by molar-refractivity contribution is 7.47. The van der Waals surface area contributed by atoms with E-state index in [2.05, 4.69) is 208 Å². The molecule has 0 saturated heterocycles. The van der Waals surface area contributed by atoms with Crippen LogP contribution in [0.4, 0.5) is 0 Å². The van der Waals surface area contributed by atoms with Crippen LogP contribution in [0.5, 0.6) is 0 Å². The van der Waals surface area contributed by atoms with Crippen LogP contribution in [0.15, 0.2) is 194 Å². The molecule has 0 saturated carbocycles. The van der Waals surface area contributed by atoms with Crippen LogP contribution in [0.3, 0.4) is 0 Å². The number of ether oxygens (including phenoxy) is 2. The summed E-state index contributed by atoms with van der Waals surface area (Å²) in [6, 6.07) is 0. The van der Waals surface area contributed by atoms with Crippen LogP contribution in [-0.2, 0) is 32.7 Å². The van der Waals surface area contributed by atoms with E-state index in [0.717, 1.165) is 154 Å². The monoisotopic (exact) mass is 1420 g/mol. The molecule has 0 amide bonds. The van der Waals surface area contributed by atoms with E-state index in [0.29, 0.717) is 6.42 Å². The molecule has 0 bridgehead atoms. The summed E-state index contributed by atoms with van der Waals surface area (Å²) in [6.07, 6.45) is 127. The van der Waals surface area contributed by atoms with E-state index in [9.17, 15) is 19.0 Å². The first-order valence-electron chi connectivity index (χ1n) is 40.9. The van der Waals surface area contributed by atoms with Gasteiger partial charge in [-0.15, -0.1) is 0 Å². The van der Waals surface area contributed by atoms with Gasteiger partial charge in [-0.25, -0.2) is 4.57 Å². The van der Waals surface area contributed by atoms with Crippen LogP contribution >= 0.6 is 7.82 Å². The van der Waals surface area contributed by atoms with E-state index in [1.165, 1.54) is 148 Å². The molecule has 101 heavy (non-hydrogen) atoms. The third kappa shape index (κ3) is 83.7. The van der Waals surface area contributed by atoms with Gasteiger partial charge in [0.25, 0.3) is 0 Å². The van der Waals surface area contributed by atoms with Crippen molar-refractivity contribution in [3.63, 3.8) is 0 Å². The largest absolute Gasteiger partial charge is 0.472 e. The first kappa shape index (κ1) is 95.8. The number of hydrogen-bond acceptors (Lipinski definition) is 8. The van der Waals surface area contributed by atoms with Crippen LogP contribution in [0, 0.1) is 0 Å². The number of phosphoric acid groups is 1. The number of nitrogens with two attached hydrogens (primary N) is 1. The molecule has 0 radical (unpaired) electrons. The summed E-state index contributed by atoms with van der Waals surface area (Å²) in [7, 11) is -4.41. The summed E-state index contributed by atoms with van der Waals surface area (Å²) in [5, 5.41) is 0. The molecule has 572 valence electrons. The quantitative estimate of drug-likeness (QED) is 0.0264. The maximum absolute atomic E-state index is 12.8. The van der Waals surface area contributed by atoms with Gasteiger partial charge in [0.15, 0.2) is 6.10 Å². The van der Waals surface area contributed by atoms with Gasteiger partial charge >= 0.3 is 19.8 Å². The molecule has 0 aromatic rings. The fourth-order valence-corrected chi connectivity index (χ4v) is 11.8. The maximum atomic E-state index is 12.8. The molecule has 9 nitrogen and oxygen atoms in total. The minimum absolute atomic E-state index is 0.0443. The lowest BCUT2D eigenvalue weighted by Crippen LogP contribution is -2.29. The number of allylic oxidation sites excluding steroid dienone is 32. The second kappa shape index (κ2) is 83.8. The van der Waals surface area contributed by atoms with Crippen LogP contribution in [0.1, 0.15) is 335 Å². The Labute approximate surface area is 621 Å². The van der Waals surface area contributed by atoms with Crippen molar-refractivity contribution in [1.82, 2.24) is 0 Å². The fraction of sp³-hybridized carbons (Fsp3) is 0.626. The van der Waals surface area contributed by atoms with Gasteiger partial charge in [0.2, 0.25) is 0 Å². The third-order valence-corrected chi connectivity index (χ3v) is 18.0. The van der Waals surface area contributed by atoms with E-state index < -0.39 is 26.5 Å².